The summed E-state index contributed by atoms with van der Waals surface area (Å²) in [5, 5.41) is 2.51. The number of halogens is 2. The maximum Gasteiger partial charge on any atom is 0.274 e. The SMILES string of the molecule is CC1CCN(c2ccc(C(=O)Nc3ccc(F)c(F)c3)nc2)CC1. The molecular weight excluding hydrogens is 312 g/mol. The van der Waals surface area contributed by atoms with Crippen molar-refractivity contribution in [2.45, 2.75) is 19.8 Å². The smallest absolute Gasteiger partial charge is 0.274 e. The van der Waals surface area contributed by atoms with Crippen molar-refractivity contribution >= 4 is 17.3 Å². The van der Waals surface area contributed by atoms with Crippen LogP contribution in [0.4, 0.5) is 20.2 Å². The predicted octanol–water partition coefficient (Wildman–Crippen LogP) is 3.85. The Hall–Kier alpha value is -2.50. The maximum atomic E-state index is 13.2. The second-order valence-corrected chi connectivity index (χ2v) is 6.15. The summed E-state index contributed by atoms with van der Waals surface area (Å²) in [6.07, 6.45) is 3.98. The highest BCUT2D eigenvalue weighted by Crippen LogP contribution is 2.22. The van der Waals surface area contributed by atoms with E-state index in [1.807, 2.05) is 6.07 Å². The molecular formula is C18H19F2N3O. The Morgan fingerprint density at radius 1 is 1.17 bits per heavy atom. The zero-order valence-corrected chi connectivity index (χ0v) is 13.4. The molecule has 0 unspecified atom stereocenters. The van der Waals surface area contributed by atoms with Gasteiger partial charge in [-0.25, -0.2) is 13.8 Å². The summed E-state index contributed by atoms with van der Waals surface area (Å²) >= 11 is 0. The Morgan fingerprint density at radius 2 is 1.92 bits per heavy atom. The van der Waals surface area contributed by atoms with E-state index in [0.717, 1.165) is 49.7 Å². The molecule has 0 radical (unpaired) electrons. The van der Waals surface area contributed by atoms with Crippen LogP contribution in [0.15, 0.2) is 36.5 Å². The molecule has 1 aliphatic heterocycles. The number of piperidine rings is 1. The lowest BCUT2D eigenvalue weighted by atomic mass is 9.99. The molecule has 0 aliphatic carbocycles. The van der Waals surface area contributed by atoms with Crippen molar-refractivity contribution in [3.63, 3.8) is 0 Å². The van der Waals surface area contributed by atoms with E-state index in [4.69, 9.17) is 0 Å². The van der Waals surface area contributed by atoms with E-state index in [0.29, 0.717) is 0 Å². The average Bonchev–Trinajstić information content (AvgIpc) is 2.59. The summed E-state index contributed by atoms with van der Waals surface area (Å²) in [6, 6.07) is 6.72. The monoisotopic (exact) mass is 331 g/mol. The number of aromatic nitrogens is 1. The van der Waals surface area contributed by atoms with Crippen molar-refractivity contribution in [2.75, 3.05) is 23.3 Å². The molecule has 0 bridgehead atoms. The fraction of sp³-hybridized carbons (Fsp3) is 0.333. The van der Waals surface area contributed by atoms with Gasteiger partial charge in [-0.2, -0.15) is 0 Å². The highest BCUT2D eigenvalue weighted by Gasteiger charge is 2.17. The van der Waals surface area contributed by atoms with Crippen LogP contribution in [0, 0.1) is 17.6 Å². The number of anilines is 2. The summed E-state index contributed by atoms with van der Waals surface area (Å²) in [5.41, 5.74) is 1.41. The van der Waals surface area contributed by atoms with Gasteiger partial charge in [-0.15, -0.1) is 0 Å². The predicted molar refractivity (Wildman–Crippen MR) is 89.2 cm³/mol. The fourth-order valence-corrected chi connectivity index (χ4v) is 2.74. The van der Waals surface area contributed by atoms with Crippen LogP contribution in [-0.2, 0) is 0 Å². The lowest BCUT2D eigenvalue weighted by molar-refractivity contribution is 0.102. The third kappa shape index (κ3) is 3.69. The van der Waals surface area contributed by atoms with Crippen molar-refractivity contribution in [1.29, 1.82) is 0 Å². The molecule has 1 amide bonds. The van der Waals surface area contributed by atoms with Crippen LogP contribution in [0.2, 0.25) is 0 Å². The van der Waals surface area contributed by atoms with Gasteiger partial charge in [0, 0.05) is 24.8 Å². The molecule has 2 heterocycles. The van der Waals surface area contributed by atoms with E-state index >= 15 is 0 Å². The molecule has 1 saturated heterocycles. The molecule has 4 nitrogen and oxygen atoms in total. The van der Waals surface area contributed by atoms with Gasteiger partial charge in [-0.3, -0.25) is 4.79 Å². The standard InChI is InChI=1S/C18H19F2N3O/c1-12-6-8-23(9-7-12)14-3-5-17(21-11-14)18(24)22-13-2-4-15(19)16(20)10-13/h2-5,10-12H,6-9H2,1H3,(H,22,24). The van der Waals surface area contributed by atoms with Gasteiger partial charge < -0.3 is 10.2 Å². The number of carbonyl (C=O) groups is 1. The zero-order valence-electron chi connectivity index (χ0n) is 13.4. The fourth-order valence-electron chi connectivity index (χ4n) is 2.74. The average molecular weight is 331 g/mol. The summed E-state index contributed by atoms with van der Waals surface area (Å²) in [4.78, 5) is 18.6. The van der Waals surface area contributed by atoms with E-state index in [9.17, 15) is 13.6 Å². The van der Waals surface area contributed by atoms with E-state index in [-0.39, 0.29) is 11.4 Å². The molecule has 1 N–H and O–H groups in total. The molecule has 24 heavy (non-hydrogen) atoms. The van der Waals surface area contributed by atoms with Crippen LogP contribution in [0.25, 0.3) is 0 Å². The Balaban J connectivity index is 1.66. The summed E-state index contributed by atoms with van der Waals surface area (Å²) in [5.74, 6) is -1.67. The Labute approximate surface area is 139 Å². The molecule has 0 spiro atoms. The number of hydrogen-bond donors (Lipinski definition) is 1. The minimum atomic E-state index is -1.00. The van der Waals surface area contributed by atoms with Gasteiger partial charge in [0.1, 0.15) is 5.69 Å². The van der Waals surface area contributed by atoms with Crippen molar-refractivity contribution in [2.24, 2.45) is 5.92 Å². The summed E-state index contributed by atoms with van der Waals surface area (Å²) in [7, 11) is 0. The second-order valence-electron chi connectivity index (χ2n) is 6.15. The van der Waals surface area contributed by atoms with Gasteiger partial charge in [0.05, 0.1) is 11.9 Å². The van der Waals surface area contributed by atoms with Gasteiger partial charge in [0.25, 0.3) is 5.91 Å². The Bertz CT molecular complexity index is 726. The Kier molecular flexibility index (Phi) is 4.74. The molecule has 2 aromatic rings. The van der Waals surface area contributed by atoms with Crippen molar-refractivity contribution in [3.05, 3.63) is 53.9 Å². The zero-order chi connectivity index (χ0) is 17.1. The van der Waals surface area contributed by atoms with Crippen LogP contribution in [0.1, 0.15) is 30.3 Å². The highest BCUT2D eigenvalue weighted by molar-refractivity contribution is 6.02. The first-order valence-corrected chi connectivity index (χ1v) is 8.00. The lowest BCUT2D eigenvalue weighted by Crippen LogP contribution is -2.32. The minimum Gasteiger partial charge on any atom is -0.370 e. The number of nitrogens with one attached hydrogen (secondary N) is 1. The Morgan fingerprint density at radius 3 is 2.54 bits per heavy atom. The van der Waals surface area contributed by atoms with Gasteiger partial charge in [0.2, 0.25) is 0 Å². The number of benzene rings is 1. The second kappa shape index (κ2) is 6.95. The molecule has 1 aromatic heterocycles. The number of pyridine rings is 1. The van der Waals surface area contributed by atoms with Crippen LogP contribution in [-0.4, -0.2) is 24.0 Å². The number of nitrogens with zero attached hydrogens (tertiary/aromatic N) is 2. The minimum absolute atomic E-state index is 0.190. The van der Waals surface area contributed by atoms with Crippen LogP contribution < -0.4 is 10.2 Å². The molecule has 1 fully saturated rings. The quantitative estimate of drug-likeness (QED) is 0.929. The first-order valence-electron chi connectivity index (χ1n) is 8.00. The van der Waals surface area contributed by atoms with Crippen molar-refractivity contribution in [1.82, 2.24) is 4.98 Å². The van der Waals surface area contributed by atoms with Crippen LogP contribution in [0.3, 0.4) is 0 Å². The number of amides is 1. The van der Waals surface area contributed by atoms with Gasteiger partial charge >= 0.3 is 0 Å². The van der Waals surface area contributed by atoms with Crippen LogP contribution >= 0.6 is 0 Å². The summed E-state index contributed by atoms with van der Waals surface area (Å²) < 4.78 is 26.1. The topological polar surface area (TPSA) is 45.2 Å². The highest BCUT2D eigenvalue weighted by atomic mass is 19.2. The number of hydrogen-bond acceptors (Lipinski definition) is 3. The molecule has 1 aromatic carbocycles. The van der Waals surface area contributed by atoms with Gasteiger partial charge in [0.15, 0.2) is 11.6 Å². The maximum absolute atomic E-state index is 13.2. The molecule has 0 atom stereocenters. The van der Waals surface area contributed by atoms with Crippen molar-refractivity contribution < 1.29 is 13.6 Å². The van der Waals surface area contributed by atoms with Crippen molar-refractivity contribution in [3.8, 4) is 0 Å². The number of carbonyl (C=O) groups excluding carboxylic acids is 1. The molecule has 1 aliphatic rings. The van der Waals surface area contributed by atoms with Crippen LogP contribution in [0.5, 0.6) is 0 Å². The molecule has 0 saturated carbocycles. The van der Waals surface area contributed by atoms with Gasteiger partial charge in [-0.05, 0) is 43.0 Å². The first-order chi connectivity index (χ1) is 11.5. The molecule has 126 valence electrons. The third-order valence-corrected chi connectivity index (χ3v) is 4.31. The largest absolute Gasteiger partial charge is 0.370 e. The lowest BCUT2D eigenvalue weighted by Gasteiger charge is -2.31. The normalized spacial score (nSPS) is 15.4. The van der Waals surface area contributed by atoms with E-state index in [1.165, 1.54) is 6.07 Å². The third-order valence-electron chi connectivity index (χ3n) is 4.31. The van der Waals surface area contributed by atoms with E-state index in [1.54, 1.807) is 12.3 Å². The number of rotatable bonds is 3. The first kappa shape index (κ1) is 16.4. The summed E-state index contributed by atoms with van der Waals surface area (Å²) in [6.45, 7) is 4.23. The van der Waals surface area contributed by atoms with Gasteiger partial charge in [-0.1, -0.05) is 6.92 Å². The molecule has 3 rings (SSSR count). The molecule has 6 heteroatoms. The van der Waals surface area contributed by atoms with E-state index < -0.39 is 17.5 Å². The van der Waals surface area contributed by atoms with E-state index in [2.05, 4.69) is 22.1 Å².